The summed E-state index contributed by atoms with van der Waals surface area (Å²) in [5.41, 5.74) is 3.45. The van der Waals surface area contributed by atoms with Crippen LogP contribution in [0.1, 0.15) is 24.0 Å². The summed E-state index contributed by atoms with van der Waals surface area (Å²) in [6, 6.07) is 14.6. The third-order valence-electron chi connectivity index (χ3n) is 4.92. The van der Waals surface area contributed by atoms with Crippen LogP contribution in [0.5, 0.6) is 0 Å². The number of benzene rings is 2. The molecule has 2 aromatic carbocycles. The molecule has 0 spiro atoms. The molecule has 0 bridgehead atoms. The monoisotopic (exact) mass is 427 g/mol. The molecule has 0 aliphatic carbocycles. The minimum Gasteiger partial charge on any atom is -0.308 e. The molecule has 0 fully saturated rings. The van der Waals surface area contributed by atoms with E-state index in [2.05, 4.69) is 43.0 Å². The number of hydrogen-bond acceptors (Lipinski definition) is 5. The van der Waals surface area contributed by atoms with Gasteiger partial charge in [-0.1, -0.05) is 35.6 Å². The Morgan fingerprint density at radius 3 is 2.55 bits per heavy atom. The second kappa shape index (κ2) is 10.2. The maximum atomic E-state index is 13.1. The summed E-state index contributed by atoms with van der Waals surface area (Å²) in [7, 11) is 4.07. The lowest BCUT2D eigenvalue weighted by Gasteiger charge is -2.22. The molecule has 0 aliphatic heterocycles. The fourth-order valence-corrected chi connectivity index (χ4v) is 4.96. The molecule has 0 radical (unpaired) electrons. The van der Waals surface area contributed by atoms with Crippen molar-refractivity contribution in [2.24, 2.45) is 0 Å². The molecule has 3 rings (SSSR count). The van der Waals surface area contributed by atoms with Gasteiger partial charge in [0.15, 0.2) is 5.13 Å². The zero-order chi connectivity index (χ0) is 20.8. The molecule has 29 heavy (non-hydrogen) atoms. The van der Waals surface area contributed by atoms with E-state index in [0.29, 0.717) is 13.0 Å². The van der Waals surface area contributed by atoms with Crippen LogP contribution in [0.2, 0.25) is 0 Å². The van der Waals surface area contributed by atoms with Crippen LogP contribution in [-0.2, 0) is 4.79 Å². The molecule has 1 aromatic heterocycles. The first-order chi connectivity index (χ1) is 14.0. The summed E-state index contributed by atoms with van der Waals surface area (Å²) < 4.78 is 1.14. The summed E-state index contributed by atoms with van der Waals surface area (Å²) in [5, 5.41) is 0.816. The van der Waals surface area contributed by atoms with Crippen molar-refractivity contribution in [1.82, 2.24) is 9.88 Å². The molecular formula is C23H29N3OS2. The highest BCUT2D eigenvalue weighted by molar-refractivity contribution is 7.99. The minimum absolute atomic E-state index is 0.161. The van der Waals surface area contributed by atoms with Crippen LogP contribution in [0.15, 0.2) is 47.4 Å². The van der Waals surface area contributed by atoms with Crippen molar-refractivity contribution in [3.8, 4) is 0 Å². The predicted octanol–water partition coefficient (Wildman–Crippen LogP) is 5.38. The van der Waals surface area contributed by atoms with Crippen molar-refractivity contribution in [2.45, 2.75) is 31.6 Å². The molecule has 1 amide bonds. The average Bonchev–Trinajstić information content (AvgIpc) is 3.13. The number of rotatable bonds is 9. The van der Waals surface area contributed by atoms with Gasteiger partial charge in [-0.05, 0) is 69.4 Å². The van der Waals surface area contributed by atoms with Crippen LogP contribution in [0, 0.1) is 13.8 Å². The molecule has 4 nitrogen and oxygen atoms in total. The second-order valence-corrected chi connectivity index (χ2v) is 9.64. The van der Waals surface area contributed by atoms with Gasteiger partial charge in [-0.25, -0.2) is 4.98 Å². The number of carbonyl (C=O) groups excluding carboxylic acids is 1. The van der Waals surface area contributed by atoms with Gasteiger partial charge in [0.1, 0.15) is 0 Å². The highest BCUT2D eigenvalue weighted by Gasteiger charge is 2.20. The maximum Gasteiger partial charge on any atom is 0.228 e. The Morgan fingerprint density at radius 2 is 1.83 bits per heavy atom. The molecule has 0 aliphatic rings. The summed E-state index contributed by atoms with van der Waals surface area (Å²) in [5.74, 6) is 1.10. The molecule has 0 saturated carbocycles. The van der Waals surface area contributed by atoms with Crippen LogP contribution < -0.4 is 4.90 Å². The number of thiazole rings is 1. The lowest BCUT2D eigenvalue weighted by molar-refractivity contribution is -0.118. The van der Waals surface area contributed by atoms with E-state index < -0.39 is 0 Å². The molecule has 1 heterocycles. The Morgan fingerprint density at radius 1 is 1.07 bits per heavy atom. The second-order valence-electron chi connectivity index (χ2n) is 7.46. The first kappa shape index (κ1) is 21.8. The summed E-state index contributed by atoms with van der Waals surface area (Å²) in [6.45, 7) is 5.69. The third kappa shape index (κ3) is 5.81. The Hall–Kier alpha value is -1.89. The van der Waals surface area contributed by atoms with Crippen LogP contribution in [0.4, 0.5) is 5.13 Å². The van der Waals surface area contributed by atoms with Gasteiger partial charge in [0.2, 0.25) is 5.91 Å². The number of aromatic nitrogens is 1. The molecule has 0 atom stereocenters. The SMILES string of the molecule is Cc1ccc2sc(N(CCN(C)C)C(=O)CCCSc3ccccc3)nc2c1C. The normalized spacial score (nSPS) is 11.3. The highest BCUT2D eigenvalue weighted by atomic mass is 32.2. The van der Waals surface area contributed by atoms with Crippen molar-refractivity contribution in [3.63, 3.8) is 0 Å². The van der Waals surface area contributed by atoms with Gasteiger partial charge in [-0.3, -0.25) is 9.69 Å². The standard InChI is InChI=1S/C23H29N3OS2/c1-17-12-13-20-22(18(17)2)24-23(29-20)26(15-14-25(3)4)21(27)11-8-16-28-19-9-6-5-7-10-19/h5-7,9-10,12-13H,8,11,14-16H2,1-4H3. The fourth-order valence-electron chi connectivity index (χ4n) is 3.02. The quantitative estimate of drug-likeness (QED) is 0.339. The lowest BCUT2D eigenvalue weighted by atomic mass is 10.1. The van der Waals surface area contributed by atoms with Gasteiger partial charge in [0.25, 0.3) is 0 Å². The van der Waals surface area contributed by atoms with Crippen molar-refractivity contribution in [2.75, 3.05) is 37.8 Å². The first-order valence-electron chi connectivity index (χ1n) is 9.95. The Balaban J connectivity index is 1.69. The minimum atomic E-state index is 0.161. The molecule has 6 heteroatoms. The van der Waals surface area contributed by atoms with Gasteiger partial charge in [-0.2, -0.15) is 0 Å². The summed E-state index contributed by atoms with van der Waals surface area (Å²) >= 11 is 3.42. The number of anilines is 1. The molecule has 0 unspecified atom stereocenters. The first-order valence-corrected chi connectivity index (χ1v) is 11.8. The van der Waals surface area contributed by atoms with Gasteiger partial charge in [0, 0.05) is 24.4 Å². The summed E-state index contributed by atoms with van der Waals surface area (Å²) in [6.07, 6.45) is 1.40. The lowest BCUT2D eigenvalue weighted by Crippen LogP contribution is -2.36. The average molecular weight is 428 g/mol. The molecule has 0 saturated heterocycles. The predicted molar refractivity (Wildman–Crippen MR) is 126 cm³/mol. The van der Waals surface area contributed by atoms with E-state index in [1.165, 1.54) is 16.0 Å². The van der Waals surface area contributed by atoms with Gasteiger partial charge in [0.05, 0.1) is 10.2 Å². The topological polar surface area (TPSA) is 36.4 Å². The van der Waals surface area contributed by atoms with E-state index in [0.717, 1.165) is 34.1 Å². The van der Waals surface area contributed by atoms with Crippen molar-refractivity contribution in [3.05, 3.63) is 53.6 Å². The Labute approximate surface area is 181 Å². The number of hydrogen-bond donors (Lipinski definition) is 0. The van der Waals surface area contributed by atoms with Crippen LogP contribution >= 0.6 is 23.1 Å². The zero-order valence-corrected chi connectivity index (χ0v) is 19.3. The van der Waals surface area contributed by atoms with Gasteiger partial charge < -0.3 is 4.90 Å². The van der Waals surface area contributed by atoms with Crippen molar-refractivity contribution >= 4 is 44.4 Å². The highest BCUT2D eigenvalue weighted by Crippen LogP contribution is 2.32. The van der Waals surface area contributed by atoms with Crippen LogP contribution in [-0.4, -0.2) is 48.7 Å². The number of aryl methyl sites for hydroxylation is 2. The number of fused-ring (bicyclic) bond motifs is 1. The van der Waals surface area contributed by atoms with E-state index in [4.69, 9.17) is 4.98 Å². The fraction of sp³-hybridized carbons (Fsp3) is 0.391. The third-order valence-corrected chi connectivity index (χ3v) is 7.07. The van der Waals surface area contributed by atoms with E-state index in [1.54, 1.807) is 23.1 Å². The smallest absolute Gasteiger partial charge is 0.228 e. The number of thioether (sulfide) groups is 1. The molecular weight excluding hydrogens is 398 g/mol. The van der Waals surface area contributed by atoms with E-state index in [-0.39, 0.29) is 5.91 Å². The van der Waals surface area contributed by atoms with Gasteiger partial charge in [-0.15, -0.1) is 11.8 Å². The maximum absolute atomic E-state index is 13.1. The number of carbonyl (C=O) groups is 1. The van der Waals surface area contributed by atoms with E-state index in [1.807, 2.05) is 37.2 Å². The van der Waals surface area contributed by atoms with Crippen molar-refractivity contribution < 1.29 is 4.79 Å². The Bertz CT molecular complexity index is 953. The molecule has 154 valence electrons. The van der Waals surface area contributed by atoms with E-state index >= 15 is 0 Å². The summed E-state index contributed by atoms with van der Waals surface area (Å²) in [4.78, 5) is 23.1. The van der Waals surface area contributed by atoms with Crippen LogP contribution in [0.25, 0.3) is 10.2 Å². The van der Waals surface area contributed by atoms with Gasteiger partial charge >= 0.3 is 0 Å². The Kier molecular flexibility index (Phi) is 7.70. The largest absolute Gasteiger partial charge is 0.308 e. The molecule has 0 N–H and O–H groups in total. The number of likely N-dealkylation sites (N-methyl/N-ethyl adjacent to an activating group) is 1. The zero-order valence-electron chi connectivity index (χ0n) is 17.6. The number of amides is 1. The van der Waals surface area contributed by atoms with E-state index in [9.17, 15) is 4.79 Å². The van der Waals surface area contributed by atoms with Crippen LogP contribution in [0.3, 0.4) is 0 Å². The van der Waals surface area contributed by atoms with Crippen molar-refractivity contribution in [1.29, 1.82) is 0 Å². The number of nitrogens with zero attached hydrogens (tertiary/aromatic N) is 3. The molecule has 3 aromatic rings.